The summed E-state index contributed by atoms with van der Waals surface area (Å²) in [6.07, 6.45) is 1.93. The zero-order valence-electron chi connectivity index (χ0n) is 12.0. The monoisotopic (exact) mass is 300 g/mol. The molecule has 5 nitrogen and oxygen atoms in total. The first-order valence-corrected chi connectivity index (χ1v) is 6.42. The van der Waals surface area contributed by atoms with Gasteiger partial charge in [-0.2, -0.15) is 0 Å². The molecule has 1 aliphatic heterocycles. The average molecular weight is 301 g/mol. The van der Waals surface area contributed by atoms with E-state index in [9.17, 15) is 4.79 Å². The van der Waals surface area contributed by atoms with Crippen molar-refractivity contribution in [2.24, 2.45) is 0 Å². The van der Waals surface area contributed by atoms with Crippen LogP contribution in [0.5, 0.6) is 11.5 Å². The van der Waals surface area contributed by atoms with Gasteiger partial charge in [-0.15, -0.1) is 12.4 Å². The predicted octanol–water partition coefficient (Wildman–Crippen LogP) is 2.12. The second-order valence-electron chi connectivity index (χ2n) is 4.66. The van der Waals surface area contributed by atoms with Gasteiger partial charge in [0.2, 0.25) is 5.91 Å². The highest BCUT2D eigenvalue weighted by atomic mass is 35.5. The van der Waals surface area contributed by atoms with E-state index in [-0.39, 0.29) is 24.4 Å². The van der Waals surface area contributed by atoms with Gasteiger partial charge in [0.05, 0.1) is 20.3 Å². The summed E-state index contributed by atoms with van der Waals surface area (Å²) in [7, 11) is 3.18. The molecule has 1 aromatic rings. The number of hydrogen-bond donors (Lipinski definition) is 2. The molecule has 1 aliphatic rings. The second-order valence-corrected chi connectivity index (χ2v) is 4.66. The van der Waals surface area contributed by atoms with Crippen molar-refractivity contribution in [3.63, 3.8) is 0 Å². The minimum Gasteiger partial charge on any atom is -0.493 e. The molecular weight excluding hydrogens is 280 g/mol. The number of aryl methyl sites for hydroxylation is 1. The fourth-order valence-corrected chi connectivity index (χ4v) is 2.24. The first-order valence-electron chi connectivity index (χ1n) is 6.42. The third-order valence-corrected chi connectivity index (χ3v) is 3.37. The maximum atomic E-state index is 12.1. The zero-order chi connectivity index (χ0) is 13.8. The summed E-state index contributed by atoms with van der Waals surface area (Å²) in [6.45, 7) is 2.84. The van der Waals surface area contributed by atoms with Crippen molar-refractivity contribution in [3.8, 4) is 11.5 Å². The average Bonchev–Trinajstić information content (AvgIpc) is 2.94. The van der Waals surface area contributed by atoms with Gasteiger partial charge in [-0.25, -0.2) is 0 Å². The van der Waals surface area contributed by atoms with Crippen LogP contribution < -0.4 is 20.1 Å². The molecular formula is C14H21ClN2O3. The van der Waals surface area contributed by atoms with Crippen molar-refractivity contribution in [2.75, 3.05) is 26.1 Å². The molecule has 1 unspecified atom stereocenters. The topological polar surface area (TPSA) is 59.6 Å². The number of carbonyl (C=O) groups excluding carboxylic acids is 1. The van der Waals surface area contributed by atoms with E-state index < -0.39 is 0 Å². The van der Waals surface area contributed by atoms with Gasteiger partial charge in [0.15, 0.2) is 11.5 Å². The van der Waals surface area contributed by atoms with E-state index in [2.05, 4.69) is 10.6 Å². The third kappa shape index (κ3) is 3.55. The van der Waals surface area contributed by atoms with E-state index in [1.165, 1.54) is 0 Å². The normalized spacial score (nSPS) is 17.2. The molecule has 1 aromatic carbocycles. The summed E-state index contributed by atoms with van der Waals surface area (Å²) in [4.78, 5) is 12.1. The minimum absolute atomic E-state index is 0. The molecule has 0 spiro atoms. The summed E-state index contributed by atoms with van der Waals surface area (Å²) in [6, 6.07) is 3.56. The van der Waals surface area contributed by atoms with Crippen molar-refractivity contribution in [1.82, 2.24) is 5.32 Å². The Hall–Kier alpha value is -1.46. The second kappa shape index (κ2) is 7.36. The van der Waals surface area contributed by atoms with Crippen LogP contribution in [0.2, 0.25) is 0 Å². The maximum absolute atomic E-state index is 12.1. The minimum atomic E-state index is -0.0903. The summed E-state index contributed by atoms with van der Waals surface area (Å²) in [5.74, 6) is 1.28. The van der Waals surface area contributed by atoms with Crippen molar-refractivity contribution >= 4 is 24.0 Å². The van der Waals surface area contributed by atoms with E-state index in [0.29, 0.717) is 11.5 Å². The van der Waals surface area contributed by atoms with Gasteiger partial charge in [-0.05, 0) is 37.9 Å². The number of methoxy groups -OCH3 is 2. The van der Waals surface area contributed by atoms with Crippen LogP contribution in [0.4, 0.5) is 5.69 Å². The molecule has 0 bridgehead atoms. The Labute approximate surface area is 125 Å². The molecule has 1 fully saturated rings. The van der Waals surface area contributed by atoms with E-state index in [1.54, 1.807) is 20.3 Å². The van der Waals surface area contributed by atoms with Crippen LogP contribution >= 0.6 is 12.4 Å². The van der Waals surface area contributed by atoms with Gasteiger partial charge in [0.1, 0.15) is 0 Å². The molecule has 0 aromatic heterocycles. The standard InChI is InChI=1S/C14H20N2O3.ClH/c1-9-7-12(18-2)13(19-3)8-11(9)16-14(17)10-5-4-6-15-10;/h7-8,10,15H,4-6H2,1-3H3,(H,16,17);1H. The number of nitrogens with one attached hydrogen (secondary N) is 2. The number of halogens is 1. The van der Waals surface area contributed by atoms with E-state index in [1.807, 2.05) is 13.0 Å². The molecule has 0 saturated carbocycles. The van der Waals surface area contributed by atoms with Crippen LogP contribution in [0, 0.1) is 6.92 Å². The highest BCUT2D eigenvalue weighted by molar-refractivity contribution is 5.96. The number of hydrogen-bond acceptors (Lipinski definition) is 4. The van der Waals surface area contributed by atoms with Gasteiger partial charge < -0.3 is 20.1 Å². The number of carbonyl (C=O) groups is 1. The maximum Gasteiger partial charge on any atom is 0.241 e. The molecule has 20 heavy (non-hydrogen) atoms. The molecule has 2 rings (SSSR count). The predicted molar refractivity (Wildman–Crippen MR) is 81.2 cm³/mol. The van der Waals surface area contributed by atoms with Crippen LogP contribution in [-0.4, -0.2) is 32.7 Å². The van der Waals surface area contributed by atoms with Crippen molar-refractivity contribution < 1.29 is 14.3 Å². The van der Waals surface area contributed by atoms with Gasteiger partial charge >= 0.3 is 0 Å². The summed E-state index contributed by atoms with van der Waals surface area (Å²) in [5.41, 5.74) is 1.71. The van der Waals surface area contributed by atoms with E-state index in [4.69, 9.17) is 9.47 Å². The molecule has 1 amide bonds. The quantitative estimate of drug-likeness (QED) is 0.894. The lowest BCUT2D eigenvalue weighted by Gasteiger charge is -2.15. The smallest absolute Gasteiger partial charge is 0.241 e. The Bertz CT molecular complexity index is 474. The number of amides is 1. The number of benzene rings is 1. The van der Waals surface area contributed by atoms with Gasteiger partial charge in [-0.3, -0.25) is 4.79 Å². The lowest BCUT2D eigenvalue weighted by atomic mass is 10.1. The van der Waals surface area contributed by atoms with E-state index in [0.717, 1.165) is 30.6 Å². The van der Waals surface area contributed by atoms with Crippen molar-refractivity contribution in [2.45, 2.75) is 25.8 Å². The SMILES string of the molecule is COc1cc(C)c(NC(=O)C2CCCN2)cc1OC.Cl. The fraction of sp³-hybridized carbons (Fsp3) is 0.500. The van der Waals surface area contributed by atoms with Crippen LogP contribution in [-0.2, 0) is 4.79 Å². The highest BCUT2D eigenvalue weighted by Crippen LogP contribution is 2.33. The molecule has 0 radical (unpaired) electrons. The van der Waals surface area contributed by atoms with Gasteiger partial charge in [0.25, 0.3) is 0 Å². The summed E-state index contributed by atoms with van der Waals surface area (Å²) in [5, 5.41) is 6.12. The summed E-state index contributed by atoms with van der Waals surface area (Å²) < 4.78 is 10.5. The molecule has 1 saturated heterocycles. The number of anilines is 1. The van der Waals surface area contributed by atoms with Crippen LogP contribution in [0.3, 0.4) is 0 Å². The van der Waals surface area contributed by atoms with Crippen molar-refractivity contribution in [3.05, 3.63) is 17.7 Å². The molecule has 1 heterocycles. The highest BCUT2D eigenvalue weighted by Gasteiger charge is 2.22. The summed E-state index contributed by atoms with van der Waals surface area (Å²) >= 11 is 0. The molecule has 0 aliphatic carbocycles. The van der Waals surface area contributed by atoms with Crippen molar-refractivity contribution in [1.29, 1.82) is 0 Å². The van der Waals surface area contributed by atoms with Gasteiger partial charge in [0, 0.05) is 11.8 Å². The fourth-order valence-electron chi connectivity index (χ4n) is 2.24. The first kappa shape index (κ1) is 16.6. The molecule has 6 heteroatoms. The first-order chi connectivity index (χ1) is 9.15. The van der Waals surface area contributed by atoms with Crippen LogP contribution in [0.15, 0.2) is 12.1 Å². The Morgan fingerprint density at radius 2 is 1.95 bits per heavy atom. The van der Waals surface area contributed by atoms with Crippen LogP contribution in [0.25, 0.3) is 0 Å². The Balaban J connectivity index is 0.00000200. The number of ether oxygens (including phenoxy) is 2. The van der Waals surface area contributed by atoms with E-state index >= 15 is 0 Å². The Kier molecular flexibility index (Phi) is 6.10. The Morgan fingerprint density at radius 1 is 1.30 bits per heavy atom. The molecule has 112 valence electrons. The number of rotatable bonds is 4. The zero-order valence-corrected chi connectivity index (χ0v) is 12.8. The van der Waals surface area contributed by atoms with Gasteiger partial charge in [-0.1, -0.05) is 0 Å². The van der Waals surface area contributed by atoms with Crippen LogP contribution in [0.1, 0.15) is 18.4 Å². The third-order valence-electron chi connectivity index (χ3n) is 3.37. The molecule has 2 N–H and O–H groups in total. The lowest BCUT2D eigenvalue weighted by molar-refractivity contribution is -0.117. The Morgan fingerprint density at radius 3 is 2.50 bits per heavy atom. The molecule has 1 atom stereocenters. The lowest BCUT2D eigenvalue weighted by Crippen LogP contribution is -2.35. The largest absolute Gasteiger partial charge is 0.493 e.